The fraction of sp³-hybridized carbons (Fsp3) is 0.500. The van der Waals surface area contributed by atoms with E-state index in [1.165, 1.54) is 0 Å². The van der Waals surface area contributed by atoms with Crippen LogP contribution in [0.5, 0.6) is 0 Å². The minimum atomic E-state index is 0.107. The third kappa shape index (κ3) is 4.19. The van der Waals surface area contributed by atoms with Crippen LogP contribution in [0.2, 0.25) is 0 Å². The van der Waals surface area contributed by atoms with Crippen LogP contribution in [-0.4, -0.2) is 36.9 Å². The molecule has 0 radical (unpaired) electrons. The van der Waals surface area contributed by atoms with Gasteiger partial charge in [-0.05, 0) is 32.1 Å². The molecule has 94 valence electrons. The standard InChI is InChI=1S/C14H22N2O/c1-4-16(5-2)11-10-15-14-9-7-6-8-13(14)12(3)17/h6-9,15H,4-5,10-11H2,1-3H3. The number of carbonyl (C=O) groups excluding carboxylic acids is 1. The van der Waals surface area contributed by atoms with Crippen molar-refractivity contribution in [2.75, 3.05) is 31.5 Å². The van der Waals surface area contributed by atoms with E-state index in [4.69, 9.17) is 0 Å². The van der Waals surface area contributed by atoms with Crippen molar-refractivity contribution in [3.63, 3.8) is 0 Å². The molecule has 1 rings (SSSR count). The van der Waals surface area contributed by atoms with Gasteiger partial charge in [0, 0.05) is 24.3 Å². The summed E-state index contributed by atoms with van der Waals surface area (Å²) >= 11 is 0. The number of nitrogens with one attached hydrogen (secondary N) is 1. The van der Waals surface area contributed by atoms with Crippen LogP contribution in [-0.2, 0) is 0 Å². The van der Waals surface area contributed by atoms with Crippen molar-refractivity contribution < 1.29 is 4.79 Å². The van der Waals surface area contributed by atoms with Crippen molar-refractivity contribution in [2.45, 2.75) is 20.8 Å². The van der Waals surface area contributed by atoms with E-state index in [0.717, 1.165) is 37.4 Å². The highest BCUT2D eigenvalue weighted by Crippen LogP contribution is 2.14. The van der Waals surface area contributed by atoms with E-state index in [-0.39, 0.29) is 5.78 Å². The predicted molar refractivity (Wildman–Crippen MR) is 72.7 cm³/mol. The van der Waals surface area contributed by atoms with Gasteiger partial charge in [-0.2, -0.15) is 0 Å². The minimum Gasteiger partial charge on any atom is -0.383 e. The quantitative estimate of drug-likeness (QED) is 0.736. The number of anilines is 1. The molecule has 0 unspecified atom stereocenters. The lowest BCUT2D eigenvalue weighted by atomic mass is 10.1. The highest BCUT2D eigenvalue weighted by molar-refractivity contribution is 5.99. The Morgan fingerprint density at radius 3 is 2.47 bits per heavy atom. The van der Waals surface area contributed by atoms with Gasteiger partial charge < -0.3 is 10.2 Å². The van der Waals surface area contributed by atoms with Gasteiger partial charge in [0.25, 0.3) is 0 Å². The fourth-order valence-corrected chi connectivity index (χ4v) is 1.83. The second-order valence-electron chi connectivity index (χ2n) is 4.06. The van der Waals surface area contributed by atoms with Crippen molar-refractivity contribution in [1.29, 1.82) is 0 Å². The Bertz CT molecular complexity index is 359. The van der Waals surface area contributed by atoms with Crippen LogP contribution in [0, 0.1) is 0 Å². The summed E-state index contributed by atoms with van der Waals surface area (Å²) in [5.41, 5.74) is 1.71. The van der Waals surface area contributed by atoms with E-state index >= 15 is 0 Å². The normalized spacial score (nSPS) is 10.6. The van der Waals surface area contributed by atoms with E-state index in [1.54, 1.807) is 6.92 Å². The average Bonchev–Trinajstić information content (AvgIpc) is 2.35. The zero-order valence-corrected chi connectivity index (χ0v) is 11.0. The molecule has 0 aromatic heterocycles. The number of nitrogens with zero attached hydrogens (tertiary/aromatic N) is 1. The number of Topliss-reactive ketones (excluding diaryl/α,β-unsaturated/α-hetero) is 1. The van der Waals surface area contributed by atoms with Crippen LogP contribution in [0.25, 0.3) is 0 Å². The molecule has 3 heteroatoms. The number of ketones is 1. The molecule has 3 nitrogen and oxygen atoms in total. The predicted octanol–water partition coefficient (Wildman–Crippen LogP) is 2.64. The molecule has 0 spiro atoms. The van der Waals surface area contributed by atoms with Gasteiger partial charge in [0.2, 0.25) is 0 Å². The number of hydrogen-bond acceptors (Lipinski definition) is 3. The molecule has 0 saturated heterocycles. The first kappa shape index (κ1) is 13.7. The van der Waals surface area contributed by atoms with Crippen molar-refractivity contribution >= 4 is 11.5 Å². The van der Waals surface area contributed by atoms with Gasteiger partial charge in [0.05, 0.1) is 0 Å². The van der Waals surface area contributed by atoms with E-state index < -0.39 is 0 Å². The van der Waals surface area contributed by atoms with Crippen LogP contribution in [0.1, 0.15) is 31.1 Å². The third-order valence-corrected chi connectivity index (χ3v) is 2.94. The Morgan fingerprint density at radius 2 is 1.88 bits per heavy atom. The maximum absolute atomic E-state index is 11.4. The summed E-state index contributed by atoms with van der Waals surface area (Å²) in [4.78, 5) is 13.8. The summed E-state index contributed by atoms with van der Waals surface area (Å²) in [5.74, 6) is 0.107. The van der Waals surface area contributed by atoms with Gasteiger partial charge in [0.15, 0.2) is 5.78 Å². The largest absolute Gasteiger partial charge is 0.383 e. The highest BCUT2D eigenvalue weighted by atomic mass is 16.1. The number of hydrogen-bond donors (Lipinski definition) is 1. The summed E-state index contributed by atoms with van der Waals surface area (Å²) in [7, 11) is 0. The molecule has 0 aliphatic rings. The van der Waals surface area contributed by atoms with E-state index in [0.29, 0.717) is 0 Å². The monoisotopic (exact) mass is 234 g/mol. The molecule has 1 aromatic carbocycles. The molecular weight excluding hydrogens is 212 g/mol. The second kappa shape index (κ2) is 7.07. The van der Waals surface area contributed by atoms with E-state index in [1.807, 2.05) is 24.3 Å². The summed E-state index contributed by atoms with van der Waals surface area (Å²) in [6.07, 6.45) is 0. The SMILES string of the molecule is CCN(CC)CCNc1ccccc1C(C)=O. The summed E-state index contributed by atoms with van der Waals surface area (Å²) < 4.78 is 0. The first-order valence-corrected chi connectivity index (χ1v) is 6.25. The maximum atomic E-state index is 11.4. The minimum absolute atomic E-state index is 0.107. The maximum Gasteiger partial charge on any atom is 0.161 e. The average molecular weight is 234 g/mol. The zero-order valence-electron chi connectivity index (χ0n) is 11.0. The van der Waals surface area contributed by atoms with Gasteiger partial charge in [-0.1, -0.05) is 26.0 Å². The molecule has 0 bridgehead atoms. The third-order valence-electron chi connectivity index (χ3n) is 2.94. The number of carbonyl (C=O) groups is 1. The molecule has 0 saturated carbocycles. The number of likely N-dealkylation sites (N-methyl/N-ethyl adjacent to an activating group) is 1. The van der Waals surface area contributed by atoms with E-state index in [2.05, 4.69) is 24.1 Å². The van der Waals surface area contributed by atoms with Crippen LogP contribution in [0.3, 0.4) is 0 Å². The Labute approximate surface area is 104 Å². The van der Waals surface area contributed by atoms with Gasteiger partial charge in [-0.15, -0.1) is 0 Å². The van der Waals surface area contributed by atoms with Crippen molar-refractivity contribution in [3.05, 3.63) is 29.8 Å². The van der Waals surface area contributed by atoms with Gasteiger partial charge in [0.1, 0.15) is 0 Å². The number of rotatable bonds is 7. The second-order valence-corrected chi connectivity index (χ2v) is 4.06. The first-order chi connectivity index (χ1) is 8.19. The molecule has 0 heterocycles. The van der Waals surface area contributed by atoms with Gasteiger partial charge in [-0.3, -0.25) is 4.79 Å². The Kier molecular flexibility index (Phi) is 5.70. The summed E-state index contributed by atoms with van der Waals surface area (Å²) in [6, 6.07) is 7.67. The number of para-hydroxylation sites is 1. The smallest absolute Gasteiger partial charge is 0.161 e. The molecule has 17 heavy (non-hydrogen) atoms. The molecule has 0 aliphatic carbocycles. The Morgan fingerprint density at radius 1 is 1.24 bits per heavy atom. The van der Waals surface area contributed by atoms with Gasteiger partial charge in [-0.25, -0.2) is 0 Å². The van der Waals surface area contributed by atoms with Crippen molar-refractivity contribution in [2.24, 2.45) is 0 Å². The van der Waals surface area contributed by atoms with Crippen LogP contribution in [0.4, 0.5) is 5.69 Å². The molecular formula is C14H22N2O. The molecule has 0 amide bonds. The lowest BCUT2D eigenvalue weighted by Crippen LogP contribution is -2.28. The zero-order chi connectivity index (χ0) is 12.7. The molecule has 0 fully saturated rings. The number of benzene rings is 1. The molecule has 0 atom stereocenters. The summed E-state index contributed by atoms with van der Waals surface area (Å²) in [6.45, 7) is 9.91. The van der Waals surface area contributed by atoms with Crippen molar-refractivity contribution in [1.82, 2.24) is 4.90 Å². The van der Waals surface area contributed by atoms with Crippen LogP contribution < -0.4 is 5.32 Å². The molecule has 1 aromatic rings. The Hall–Kier alpha value is -1.35. The lowest BCUT2D eigenvalue weighted by Gasteiger charge is -2.19. The Balaban J connectivity index is 2.54. The van der Waals surface area contributed by atoms with E-state index in [9.17, 15) is 4.79 Å². The molecule has 0 aliphatic heterocycles. The topological polar surface area (TPSA) is 32.3 Å². The van der Waals surface area contributed by atoms with Gasteiger partial charge >= 0.3 is 0 Å². The van der Waals surface area contributed by atoms with Crippen molar-refractivity contribution in [3.8, 4) is 0 Å². The lowest BCUT2D eigenvalue weighted by molar-refractivity contribution is 0.101. The highest BCUT2D eigenvalue weighted by Gasteiger charge is 2.05. The van der Waals surface area contributed by atoms with Crippen LogP contribution >= 0.6 is 0 Å². The summed E-state index contributed by atoms with van der Waals surface area (Å²) in [5, 5.41) is 3.33. The fourth-order valence-electron chi connectivity index (χ4n) is 1.83. The molecule has 1 N–H and O–H groups in total. The van der Waals surface area contributed by atoms with Crippen LogP contribution in [0.15, 0.2) is 24.3 Å². The first-order valence-electron chi connectivity index (χ1n) is 6.25.